The zero-order valence-electron chi connectivity index (χ0n) is 10.9. The Morgan fingerprint density at radius 2 is 2.24 bits per heavy atom. The summed E-state index contributed by atoms with van der Waals surface area (Å²) in [5.74, 6) is -1.22. The van der Waals surface area contributed by atoms with Crippen LogP contribution in [0.1, 0.15) is 22.0 Å². The molecule has 4 nitrogen and oxygen atoms in total. The number of thiophene rings is 1. The van der Waals surface area contributed by atoms with E-state index in [1.165, 1.54) is 0 Å². The van der Waals surface area contributed by atoms with Crippen molar-refractivity contribution in [3.8, 4) is 0 Å². The van der Waals surface area contributed by atoms with Gasteiger partial charge in [-0.2, -0.15) is 13.2 Å². The second-order valence-electron chi connectivity index (χ2n) is 4.88. The Morgan fingerprint density at radius 3 is 2.90 bits per heavy atom. The normalized spacial score (nSPS) is 16.0. The fourth-order valence-electron chi connectivity index (χ4n) is 2.39. The number of hydrogen-bond donors (Lipinski definition) is 1. The molecule has 8 heteroatoms. The van der Waals surface area contributed by atoms with Crippen molar-refractivity contribution in [3.63, 3.8) is 0 Å². The van der Waals surface area contributed by atoms with Gasteiger partial charge < -0.3 is 4.98 Å². The molecule has 1 aliphatic heterocycles. The van der Waals surface area contributed by atoms with E-state index in [-0.39, 0.29) is 12.2 Å². The average molecular weight is 315 g/mol. The fourth-order valence-corrected chi connectivity index (χ4v) is 3.13. The molecule has 0 saturated carbocycles. The van der Waals surface area contributed by atoms with Crippen molar-refractivity contribution in [2.45, 2.75) is 25.7 Å². The van der Waals surface area contributed by atoms with Crippen molar-refractivity contribution in [1.82, 2.24) is 14.9 Å². The third kappa shape index (κ3) is 3.01. The van der Waals surface area contributed by atoms with Gasteiger partial charge in [-0.05, 0) is 17.9 Å². The first-order valence-electron chi connectivity index (χ1n) is 6.37. The molecule has 3 heterocycles. The maximum atomic E-state index is 12.7. The molecule has 0 fully saturated rings. The maximum Gasteiger partial charge on any atom is 0.449 e. The van der Waals surface area contributed by atoms with E-state index in [0.29, 0.717) is 25.1 Å². The Hall–Kier alpha value is -1.67. The van der Waals surface area contributed by atoms with Gasteiger partial charge in [0.25, 0.3) is 5.56 Å². The number of H-pyrrole nitrogens is 1. The summed E-state index contributed by atoms with van der Waals surface area (Å²) >= 11 is 1.60. The first-order chi connectivity index (χ1) is 9.93. The quantitative estimate of drug-likeness (QED) is 0.926. The SMILES string of the molecule is O=c1[nH]c(C(F)(F)F)nc2c1CCN(Cc1cccs1)C2. The van der Waals surface area contributed by atoms with Gasteiger partial charge in [-0.1, -0.05) is 6.07 Å². The van der Waals surface area contributed by atoms with Crippen molar-refractivity contribution >= 4 is 11.3 Å². The molecule has 0 bridgehead atoms. The molecule has 112 valence electrons. The van der Waals surface area contributed by atoms with Crippen molar-refractivity contribution in [1.29, 1.82) is 0 Å². The highest BCUT2D eigenvalue weighted by Crippen LogP contribution is 2.27. The van der Waals surface area contributed by atoms with Crippen LogP contribution in [-0.4, -0.2) is 21.4 Å². The Labute approximate surface area is 122 Å². The summed E-state index contributed by atoms with van der Waals surface area (Å²) in [5, 5.41) is 1.96. The van der Waals surface area contributed by atoms with Crippen molar-refractivity contribution in [2.75, 3.05) is 6.54 Å². The summed E-state index contributed by atoms with van der Waals surface area (Å²) in [7, 11) is 0. The highest BCUT2D eigenvalue weighted by Gasteiger charge is 2.35. The van der Waals surface area contributed by atoms with E-state index in [9.17, 15) is 18.0 Å². The Morgan fingerprint density at radius 1 is 1.43 bits per heavy atom. The molecule has 2 aromatic rings. The van der Waals surface area contributed by atoms with E-state index in [2.05, 4.69) is 4.98 Å². The number of nitrogens with zero attached hydrogens (tertiary/aromatic N) is 2. The fraction of sp³-hybridized carbons (Fsp3) is 0.385. The molecule has 0 atom stereocenters. The minimum absolute atomic E-state index is 0.230. The Kier molecular flexibility index (Phi) is 3.58. The van der Waals surface area contributed by atoms with Crippen molar-refractivity contribution in [2.24, 2.45) is 0 Å². The maximum absolute atomic E-state index is 12.7. The van der Waals surface area contributed by atoms with Gasteiger partial charge in [-0.25, -0.2) is 4.98 Å². The second-order valence-corrected chi connectivity index (χ2v) is 5.91. The number of halogens is 3. The van der Waals surface area contributed by atoms with Gasteiger partial charge in [0, 0.05) is 30.1 Å². The molecular formula is C13H12F3N3OS. The molecule has 0 unspecified atom stereocenters. The van der Waals surface area contributed by atoms with Crippen LogP contribution >= 0.6 is 11.3 Å². The lowest BCUT2D eigenvalue weighted by atomic mass is 10.1. The molecule has 0 saturated heterocycles. The molecule has 1 aliphatic rings. The largest absolute Gasteiger partial charge is 0.449 e. The summed E-state index contributed by atoms with van der Waals surface area (Å²) in [6.07, 6.45) is -4.22. The van der Waals surface area contributed by atoms with E-state index in [0.717, 1.165) is 4.88 Å². The molecule has 0 amide bonds. The van der Waals surface area contributed by atoms with Crippen LogP contribution in [-0.2, 0) is 25.7 Å². The molecule has 2 aromatic heterocycles. The smallest absolute Gasteiger partial charge is 0.303 e. The lowest BCUT2D eigenvalue weighted by molar-refractivity contribution is -0.145. The molecule has 0 spiro atoms. The third-order valence-corrected chi connectivity index (χ3v) is 4.24. The predicted molar refractivity (Wildman–Crippen MR) is 72.0 cm³/mol. The minimum Gasteiger partial charge on any atom is -0.303 e. The molecule has 0 radical (unpaired) electrons. The van der Waals surface area contributed by atoms with Crippen LogP contribution < -0.4 is 5.56 Å². The van der Waals surface area contributed by atoms with Gasteiger partial charge >= 0.3 is 6.18 Å². The van der Waals surface area contributed by atoms with E-state index in [1.54, 1.807) is 11.3 Å². The molecule has 3 rings (SSSR count). The molecule has 21 heavy (non-hydrogen) atoms. The van der Waals surface area contributed by atoms with Gasteiger partial charge in [-0.15, -0.1) is 11.3 Å². The summed E-state index contributed by atoms with van der Waals surface area (Å²) in [5.41, 5.74) is -0.0811. The molecular weight excluding hydrogens is 303 g/mol. The lowest BCUT2D eigenvalue weighted by Crippen LogP contribution is -2.36. The summed E-state index contributed by atoms with van der Waals surface area (Å²) in [6, 6.07) is 3.91. The number of aromatic nitrogens is 2. The molecule has 1 N–H and O–H groups in total. The number of rotatable bonds is 2. The van der Waals surface area contributed by atoms with Gasteiger partial charge in [0.2, 0.25) is 5.82 Å². The zero-order valence-corrected chi connectivity index (χ0v) is 11.7. The van der Waals surface area contributed by atoms with Crippen LogP contribution in [0.4, 0.5) is 13.2 Å². The van der Waals surface area contributed by atoms with Crippen LogP contribution in [0.25, 0.3) is 0 Å². The highest BCUT2D eigenvalue weighted by atomic mass is 32.1. The van der Waals surface area contributed by atoms with Gasteiger partial charge in [0.15, 0.2) is 0 Å². The first kappa shape index (κ1) is 14.3. The van der Waals surface area contributed by atoms with E-state index < -0.39 is 17.6 Å². The lowest BCUT2D eigenvalue weighted by Gasteiger charge is -2.27. The summed E-state index contributed by atoms with van der Waals surface area (Å²) in [4.78, 5) is 20.3. The van der Waals surface area contributed by atoms with Crippen molar-refractivity contribution < 1.29 is 13.2 Å². The number of aromatic amines is 1. The summed E-state index contributed by atoms with van der Waals surface area (Å²) in [6.45, 7) is 1.56. The standard InChI is InChI=1S/C13H12F3N3OS/c14-13(15,16)12-17-10-7-19(6-8-2-1-5-21-8)4-3-9(10)11(20)18-12/h1-2,5H,3-4,6-7H2,(H,17,18,20). The minimum atomic E-state index is -4.63. The van der Waals surface area contributed by atoms with E-state index >= 15 is 0 Å². The van der Waals surface area contributed by atoms with Gasteiger partial charge in [0.05, 0.1) is 5.69 Å². The monoisotopic (exact) mass is 315 g/mol. The van der Waals surface area contributed by atoms with Crippen molar-refractivity contribution in [3.05, 3.63) is 49.8 Å². The zero-order chi connectivity index (χ0) is 15.0. The van der Waals surface area contributed by atoms with E-state index in [1.807, 2.05) is 27.4 Å². The van der Waals surface area contributed by atoms with Crippen LogP contribution in [0, 0.1) is 0 Å². The van der Waals surface area contributed by atoms with E-state index in [4.69, 9.17) is 0 Å². The van der Waals surface area contributed by atoms with Crippen LogP contribution in [0.15, 0.2) is 22.3 Å². The first-order valence-corrected chi connectivity index (χ1v) is 7.25. The third-order valence-electron chi connectivity index (χ3n) is 3.38. The highest BCUT2D eigenvalue weighted by molar-refractivity contribution is 7.09. The average Bonchev–Trinajstić information content (AvgIpc) is 2.90. The topological polar surface area (TPSA) is 49.0 Å². The molecule has 0 aliphatic carbocycles. The van der Waals surface area contributed by atoms with Gasteiger partial charge in [0.1, 0.15) is 0 Å². The number of fused-ring (bicyclic) bond motifs is 1. The van der Waals surface area contributed by atoms with Gasteiger partial charge in [-0.3, -0.25) is 9.69 Å². The summed E-state index contributed by atoms with van der Waals surface area (Å²) < 4.78 is 38.1. The molecule has 0 aromatic carbocycles. The second kappa shape index (κ2) is 5.27. The Balaban J connectivity index is 1.87. The predicted octanol–water partition coefficient (Wildman–Crippen LogP) is 2.41. The van der Waals surface area contributed by atoms with Crippen LogP contribution in [0.2, 0.25) is 0 Å². The number of hydrogen-bond acceptors (Lipinski definition) is 4. The Bertz CT molecular complexity index is 694. The van der Waals surface area contributed by atoms with Crippen LogP contribution in [0.3, 0.4) is 0 Å². The van der Waals surface area contributed by atoms with Crippen LogP contribution in [0.5, 0.6) is 0 Å². The number of nitrogens with one attached hydrogen (secondary N) is 1. The number of alkyl halides is 3.